The lowest BCUT2D eigenvalue weighted by atomic mass is 10.0. The Bertz CT molecular complexity index is 293. The lowest BCUT2D eigenvalue weighted by Gasteiger charge is -2.13. The average molecular weight is 147 g/mol. The number of hydrogen-bond acceptors (Lipinski definition) is 3. The molecule has 0 bridgehead atoms. The van der Waals surface area contributed by atoms with Crippen LogP contribution in [0.3, 0.4) is 0 Å². The Morgan fingerprint density at radius 1 is 1.55 bits per heavy atom. The van der Waals surface area contributed by atoms with Gasteiger partial charge in [0.25, 0.3) is 0 Å². The number of rotatable bonds is 0. The molecule has 1 aliphatic heterocycles. The fourth-order valence-electron chi connectivity index (χ4n) is 1.26. The molecule has 56 valence electrons. The molecule has 1 aliphatic rings. The van der Waals surface area contributed by atoms with Crippen molar-refractivity contribution in [2.24, 2.45) is 4.99 Å². The van der Waals surface area contributed by atoms with Gasteiger partial charge in [-0.05, 0) is 0 Å². The van der Waals surface area contributed by atoms with E-state index >= 15 is 0 Å². The van der Waals surface area contributed by atoms with E-state index in [-0.39, 0.29) is 0 Å². The lowest BCUT2D eigenvalue weighted by Crippen LogP contribution is -2.10. The first-order valence-corrected chi connectivity index (χ1v) is 3.67. The molecule has 0 amide bonds. The quantitative estimate of drug-likeness (QED) is 0.549. The van der Waals surface area contributed by atoms with Crippen molar-refractivity contribution < 1.29 is 0 Å². The number of nitrogens with zero attached hydrogens (tertiary/aromatic N) is 3. The summed E-state index contributed by atoms with van der Waals surface area (Å²) in [6.07, 6.45) is 5.24. The van der Waals surface area contributed by atoms with Crippen molar-refractivity contribution in [3.8, 4) is 0 Å². The van der Waals surface area contributed by atoms with Gasteiger partial charge in [-0.15, -0.1) is 0 Å². The van der Waals surface area contributed by atoms with Crippen LogP contribution in [0.25, 0.3) is 0 Å². The van der Waals surface area contributed by atoms with E-state index in [1.807, 2.05) is 12.4 Å². The van der Waals surface area contributed by atoms with E-state index in [1.165, 1.54) is 0 Å². The molecule has 0 aromatic carbocycles. The highest BCUT2D eigenvalue weighted by Crippen LogP contribution is 2.18. The maximum absolute atomic E-state index is 4.20. The monoisotopic (exact) mass is 147 g/mol. The molecule has 0 radical (unpaired) electrons. The molecular weight excluding hydrogens is 138 g/mol. The summed E-state index contributed by atoms with van der Waals surface area (Å²) in [4.78, 5) is 12.3. The second kappa shape index (κ2) is 2.42. The van der Waals surface area contributed by atoms with Crippen molar-refractivity contribution in [1.82, 2.24) is 9.97 Å². The molecule has 1 unspecified atom stereocenters. The molecule has 0 N–H and O–H groups in total. The Morgan fingerprint density at radius 2 is 2.45 bits per heavy atom. The topological polar surface area (TPSA) is 38.1 Å². The molecule has 0 saturated carbocycles. The van der Waals surface area contributed by atoms with Crippen molar-refractivity contribution in [1.29, 1.82) is 0 Å². The van der Waals surface area contributed by atoms with Crippen molar-refractivity contribution >= 4 is 6.21 Å². The minimum atomic E-state index is 0.443. The van der Waals surface area contributed by atoms with E-state index in [0.717, 1.165) is 17.8 Å². The molecule has 3 nitrogen and oxygen atoms in total. The molecule has 0 aliphatic carbocycles. The van der Waals surface area contributed by atoms with Crippen molar-refractivity contribution in [2.45, 2.75) is 12.8 Å². The van der Waals surface area contributed by atoms with E-state index < -0.39 is 0 Å². The van der Waals surface area contributed by atoms with E-state index in [4.69, 9.17) is 0 Å². The number of fused-ring (bicyclic) bond motifs is 1. The Hall–Kier alpha value is -1.25. The third kappa shape index (κ3) is 1.02. The summed E-state index contributed by atoms with van der Waals surface area (Å²) in [5.41, 5.74) is 2.18. The van der Waals surface area contributed by atoms with Crippen molar-refractivity contribution in [3.63, 3.8) is 0 Å². The van der Waals surface area contributed by atoms with Gasteiger partial charge in [0.05, 0.1) is 5.69 Å². The van der Waals surface area contributed by atoms with Gasteiger partial charge in [-0.1, -0.05) is 6.92 Å². The SMILES string of the molecule is CC1CN=Cc2cncnc21. The Balaban J connectivity index is 2.54. The van der Waals surface area contributed by atoms with Gasteiger partial charge in [-0.25, -0.2) is 9.97 Å². The predicted octanol–water partition coefficient (Wildman–Crippen LogP) is 1.01. The molecule has 1 atom stereocenters. The summed E-state index contributed by atoms with van der Waals surface area (Å²) in [6, 6.07) is 0. The second-order valence-electron chi connectivity index (χ2n) is 2.76. The first-order chi connectivity index (χ1) is 5.38. The molecule has 0 fully saturated rings. The highest BCUT2D eigenvalue weighted by Gasteiger charge is 2.13. The summed E-state index contributed by atoms with van der Waals surface area (Å²) in [7, 11) is 0. The molecule has 11 heavy (non-hydrogen) atoms. The van der Waals surface area contributed by atoms with Crippen LogP contribution >= 0.6 is 0 Å². The fraction of sp³-hybridized carbons (Fsp3) is 0.375. The molecule has 1 aromatic rings. The zero-order valence-electron chi connectivity index (χ0n) is 6.36. The van der Waals surface area contributed by atoms with Crippen LogP contribution in [0, 0.1) is 0 Å². The summed E-state index contributed by atoms with van der Waals surface area (Å²) in [5.74, 6) is 0.443. The van der Waals surface area contributed by atoms with E-state index in [9.17, 15) is 0 Å². The van der Waals surface area contributed by atoms with Crippen LogP contribution in [0.5, 0.6) is 0 Å². The van der Waals surface area contributed by atoms with Crippen LogP contribution in [-0.4, -0.2) is 22.7 Å². The standard InChI is InChI=1S/C8H9N3/c1-6-2-9-3-7-4-10-5-11-8(6)7/h3-6H,2H2,1H3. The van der Waals surface area contributed by atoms with E-state index in [2.05, 4.69) is 21.9 Å². The van der Waals surface area contributed by atoms with Gasteiger partial charge >= 0.3 is 0 Å². The summed E-state index contributed by atoms with van der Waals surface area (Å²) in [5, 5.41) is 0. The van der Waals surface area contributed by atoms with Crippen LogP contribution < -0.4 is 0 Å². The Kier molecular flexibility index (Phi) is 1.42. The van der Waals surface area contributed by atoms with E-state index in [1.54, 1.807) is 6.33 Å². The van der Waals surface area contributed by atoms with Gasteiger partial charge in [0.2, 0.25) is 0 Å². The van der Waals surface area contributed by atoms with Crippen molar-refractivity contribution in [3.05, 3.63) is 23.8 Å². The normalized spacial score (nSPS) is 21.4. The molecule has 2 heterocycles. The van der Waals surface area contributed by atoms with Crippen LogP contribution in [-0.2, 0) is 0 Å². The number of aliphatic imine (C=N–C) groups is 1. The van der Waals surface area contributed by atoms with Gasteiger partial charge < -0.3 is 0 Å². The zero-order chi connectivity index (χ0) is 7.68. The number of hydrogen-bond donors (Lipinski definition) is 0. The predicted molar refractivity (Wildman–Crippen MR) is 42.9 cm³/mol. The minimum absolute atomic E-state index is 0.443. The van der Waals surface area contributed by atoms with Crippen LogP contribution in [0.4, 0.5) is 0 Å². The Labute approximate surface area is 65.2 Å². The van der Waals surface area contributed by atoms with Crippen molar-refractivity contribution in [2.75, 3.05) is 6.54 Å². The van der Waals surface area contributed by atoms with Gasteiger partial charge in [0.1, 0.15) is 6.33 Å². The molecule has 0 saturated heterocycles. The Morgan fingerprint density at radius 3 is 3.27 bits per heavy atom. The zero-order valence-corrected chi connectivity index (χ0v) is 6.36. The lowest BCUT2D eigenvalue weighted by molar-refractivity contribution is 0.730. The summed E-state index contributed by atoms with van der Waals surface area (Å²) < 4.78 is 0. The maximum atomic E-state index is 4.20. The molecular formula is C8H9N3. The maximum Gasteiger partial charge on any atom is 0.115 e. The first kappa shape index (κ1) is 6.46. The molecule has 3 heteroatoms. The summed E-state index contributed by atoms with van der Waals surface area (Å²) >= 11 is 0. The summed E-state index contributed by atoms with van der Waals surface area (Å²) in [6.45, 7) is 2.98. The second-order valence-corrected chi connectivity index (χ2v) is 2.76. The highest BCUT2D eigenvalue weighted by atomic mass is 14.9. The van der Waals surface area contributed by atoms with E-state index in [0.29, 0.717) is 5.92 Å². The van der Waals surface area contributed by atoms with Gasteiger partial charge in [0.15, 0.2) is 0 Å². The molecule has 0 spiro atoms. The van der Waals surface area contributed by atoms with Crippen LogP contribution in [0.2, 0.25) is 0 Å². The third-order valence-corrected chi connectivity index (χ3v) is 1.85. The average Bonchev–Trinajstić information content (AvgIpc) is 2.06. The first-order valence-electron chi connectivity index (χ1n) is 3.67. The van der Waals surface area contributed by atoms with Crippen LogP contribution in [0.15, 0.2) is 17.5 Å². The minimum Gasteiger partial charge on any atom is -0.292 e. The fourth-order valence-corrected chi connectivity index (χ4v) is 1.26. The largest absolute Gasteiger partial charge is 0.292 e. The third-order valence-electron chi connectivity index (χ3n) is 1.85. The van der Waals surface area contributed by atoms with Gasteiger partial charge in [0, 0.05) is 30.4 Å². The molecule has 2 rings (SSSR count). The number of aromatic nitrogens is 2. The van der Waals surface area contributed by atoms with Crippen LogP contribution in [0.1, 0.15) is 24.1 Å². The highest BCUT2D eigenvalue weighted by molar-refractivity contribution is 5.81. The molecule has 1 aromatic heterocycles. The van der Waals surface area contributed by atoms with Gasteiger partial charge in [-0.2, -0.15) is 0 Å². The smallest absolute Gasteiger partial charge is 0.115 e. The van der Waals surface area contributed by atoms with Gasteiger partial charge in [-0.3, -0.25) is 4.99 Å².